The van der Waals surface area contributed by atoms with Crippen molar-refractivity contribution in [2.75, 3.05) is 40.3 Å². The van der Waals surface area contributed by atoms with Crippen molar-refractivity contribution >= 4 is 0 Å². The normalized spacial score (nSPS) is 21.0. The second kappa shape index (κ2) is 7.61. The number of hydrogen-bond acceptors (Lipinski definition) is 3. The molecular weight excluding hydrogens is 234 g/mol. The SMILES string of the molecule is CN(C)CC1CCN(CCC(N)CC(C)(C)C)CC1. The molecule has 3 nitrogen and oxygen atoms in total. The fraction of sp³-hybridized carbons (Fsp3) is 1.00. The van der Waals surface area contributed by atoms with Gasteiger partial charge in [-0.1, -0.05) is 20.8 Å². The smallest absolute Gasteiger partial charge is 0.00559 e. The molecule has 1 aliphatic heterocycles. The monoisotopic (exact) mass is 269 g/mol. The van der Waals surface area contributed by atoms with Crippen LogP contribution < -0.4 is 5.73 Å². The Balaban J connectivity index is 2.16. The number of hydrogen-bond donors (Lipinski definition) is 1. The predicted octanol–water partition coefficient (Wildman–Crippen LogP) is 2.41. The lowest BCUT2D eigenvalue weighted by Gasteiger charge is -2.34. The molecule has 1 heterocycles. The summed E-state index contributed by atoms with van der Waals surface area (Å²) in [5.41, 5.74) is 6.60. The summed E-state index contributed by atoms with van der Waals surface area (Å²) in [5.74, 6) is 0.898. The summed E-state index contributed by atoms with van der Waals surface area (Å²) in [5, 5.41) is 0. The molecular formula is C16H35N3. The van der Waals surface area contributed by atoms with E-state index in [1.54, 1.807) is 0 Å². The van der Waals surface area contributed by atoms with Gasteiger partial charge in [0.2, 0.25) is 0 Å². The molecule has 1 fully saturated rings. The van der Waals surface area contributed by atoms with Crippen LogP contribution in [-0.4, -0.2) is 56.1 Å². The molecule has 0 spiro atoms. The molecule has 0 radical (unpaired) electrons. The van der Waals surface area contributed by atoms with E-state index in [0.29, 0.717) is 11.5 Å². The van der Waals surface area contributed by atoms with Gasteiger partial charge in [0.1, 0.15) is 0 Å². The Morgan fingerprint density at radius 3 is 2.26 bits per heavy atom. The van der Waals surface area contributed by atoms with Gasteiger partial charge in [-0.25, -0.2) is 0 Å². The van der Waals surface area contributed by atoms with Crippen molar-refractivity contribution in [3.8, 4) is 0 Å². The van der Waals surface area contributed by atoms with E-state index in [1.807, 2.05) is 0 Å². The third kappa shape index (κ3) is 7.91. The number of rotatable bonds is 6. The minimum Gasteiger partial charge on any atom is -0.328 e. The molecule has 0 aromatic heterocycles. The molecule has 1 aliphatic rings. The Morgan fingerprint density at radius 1 is 1.21 bits per heavy atom. The topological polar surface area (TPSA) is 32.5 Å². The number of nitrogens with two attached hydrogens (primary N) is 1. The van der Waals surface area contributed by atoms with E-state index in [9.17, 15) is 0 Å². The molecule has 0 aromatic rings. The zero-order chi connectivity index (χ0) is 14.5. The fourth-order valence-electron chi connectivity index (χ4n) is 3.15. The summed E-state index contributed by atoms with van der Waals surface area (Å²) < 4.78 is 0. The van der Waals surface area contributed by atoms with Crippen LogP contribution in [0.4, 0.5) is 0 Å². The van der Waals surface area contributed by atoms with E-state index in [2.05, 4.69) is 44.7 Å². The summed E-state index contributed by atoms with van der Waals surface area (Å²) in [6, 6.07) is 0.361. The molecule has 1 unspecified atom stereocenters. The maximum absolute atomic E-state index is 6.24. The molecule has 0 bridgehead atoms. The Morgan fingerprint density at radius 2 is 1.79 bits per heavy atom. The van der Waals surface area contributed by atoms with E-state index in [1.165, 1.54) is 39.0 Å². The Hall–Kier alpha value is -0.120. The molecule has 1 atom stereocenters. The van der Waals surface area contributed by atoms with Crippen molar-refractivity contribution in [3.05, 3.63) is 0 Å². The highest BCUT2D eigenvalue weighted by Crippen LogP contribution is 2.22. The largest absolute Gasteiger partial charge is 0.328 e. The van der Waals surface area contributed by atoms with Crippen molar-refractivity contribution in [3.63, 3.8) is 0 Å². The zero-order valence-corrected chi connectivity index (χ0v) is 13.8. The van der Waals surface area contributed by atoms with Gasteiger partial charge in [0.25, 0.3) is 0 Å². The summed E-state index contributed by atoms with van der Waals surface area (Å²) in [6.45, 7) is 11.8. The van der Waals surface area contributed by atoms with Crippen LogP contribution in [-0.2, 0) is 0 Å². The van der Waals surface area contributed by atoms with Gasteiger partial charge in [0.05, 0.1) is 0 Å². The van der Waals surface area contributed by atoms with E-state index in [0.717, 1.165) is 18.8 Å². The van der Waals surface area contributed by atoms with Crippen molar-refractivity contribution in [2.24, 2.45) is 17.1 Å². The van der Waals surface area contributed by atoms with Crippen LogP contribution in [0, 0.1) is 11.3 Å². The fourth-order valence-corrected chi connectivity index (χ4v) is 3.15. The average Bonchev–Trinajstić information content (AvgIpc) is 2.25. The lowest BCUT2D eigenvalue weighted by molar-refractivity contribution is 0.156. The highest BCUT2D eigenvalue weighted by molar-refractivity contribution is 4.77. The summed E-state index contributed by atoms with van der Waals surface area (Å²) in [7, 11) is 4.36. The highest BCUT2D eigenvalue weighted by Gasteiger charge is 2.21. The minimum atomic E-state index is 0.359. The van der Waals surface area contributed by atoms with Crippen molar-refractivity contribution < 1.29 is 0 Å². The maximum atomic E-state index is 6.24. The molecule has 0 aromatic carbocycles. The number of likely N-dealkylation sites (tertiary alicyclic amines) is 1. The van der Waals surface area contributed by atoms with Gasteiger partial charge in [-0.15, -0.1) is 0 Å². The van der Waals surface area contributed by atoms with Crippen LogP contribution in [0.3, 0.4) is 0 Å². The van der Waals surface area contributed by atoms with Gasteiger partial charge in [-0.05, 0) is 70.7 Å². The van der Waals surface area contributed by atoms with E-state index >= 15 is 0 Å². The van der Waals surface area contributed by atoms with Crippen molar-refractivity contribution in [1.82, 2.24) is 9.80 Å². The first-order valence-electron chi connectivity index (χ1n) is 7.89. The summed E-state index contributed by atoms with van der Waals surface area (Å²) in [4.78, 5) is 4.92. The van der Waals surface area contributed by atoms with Crippen LogP contribution in [0.15, 0.2) is 0 Å². The van der Waals surface area contributed by atoms with E-state index in [-0.39, 0.29) is 0 Å². The van der Waals surface area contributed by atoms with E-state index in [4.69, 9.17) is 5.73 Å². The molecule has 0 saturated carbocycles. The molecule has 0 aliphatic carbocycles. The lowest BCUT2D eigenvalue weighted by Crippen LogP contribution is -2.39. The van der Waals surface area contributed by atoms with Crippen LogP contribution in [0.1, 0.15) is 46.5 Å². The minimum absolute atomic E-state index is 0.359. The van der Waals surface area contributed by atoms with Gasteiger partial charge in [0.15, 0.2) is 0 Å². The van der Waals surface area contributed by atoms with Gasteiger partial charge in [0, 0.05) is 12.6 Å². The lowest BCUT2D eigenvalue weighted by atomic mass is 9.87. The summed E-state index contributed by atoms with van der Waals surface area (Å²) >= 11 is 0. The van der Waals surface area contributed by atoms with Gasteiger partial charge < -0.3 is 15.5 Å². The first kappa shape index (κ1) is 16.9. The van der Waals surface area contributed by atoms with Crippen molar-refractivity contribution in [2.45, 2.75) is 52.5 Å². The molecule has 19 heavy (non-hydrogen) atoms. The maximum Gasteiger partial charge on any atom is 0.00559 e. The Kier molecular flexibility index (Phi) is 6.78. The number of nitrogens with zero attached hydrogens (tertiary/aromatic N) is 2. The first-order chi connectivity index (χ1) is 8.76. The van der Waals surface area contributed by atoms with Crippen LogP contribution in [0.25, 0.3) is 0 Å². The Labute approximate surface area is 120 Å². The number of piperidine rings is 1. The van der Waals surface area contributed by atoms with Crippen LogP contribution >= 0.6 is 0 Å². The third-order valence-corrected chi connectivity index (χ3v) is 4.02. The van der Waals surface area contributed by atoms with Gasteiger partial charge in [-0.3, -0.25) is 0 Å². The molecule has 1 saturated heterocycles. The summed E-state index contributed by atoms with van der Waals surface area (Å²) in [6.07, 6.45) is 4.99. The first-order valence-corrected chi connectivity index (χ1v) is 7.89. The van der Waals surface area contributed by atoms with E-state index < -0.39 is 0 Å². The molecule has 114 valence electrons. The van der Waals surface area contributed by atoms with Gasteiger partial charge in [-0.2, -0.15) is 0 Å². The third-order valence-electron chi connectivity index (χ3n) is 4.02. The Bertz CT molecular complexity index is 237. The molecule has 1 rings (SSSR count). The van der Waals surface area contributed by atoms with Gasteiger partial charge >= 0.3 is 0 Å². The second-order valence-electron chi connectivity index (χ2n) is 7.86. The second-order valence-corrected chi connectivity index (χ2v) is 7.86. The van der Waals surface area contributed by atoms with Crippen LogP contribution in [0.5, 0.6) is 0 Å². The average molecular weight is 269 g/mol. The molecule has 2 N–H and O–H groups in total. The van der Waals surface area contributed by atoms with Crippen LogP contribution in [0.2, 0.25) is 0 Å². The highest BCUT2D eigenvalue weighted by atomic mass is 15.1. The standard InChI is InChI=1S/C16H35N3/c1-16(2,3)12-15(17)8-11-19-9-6-14(7-10-19)13-18(4)5/h14-15H,6-13,17H2,1-5H3. The zero-order valence-electron chi connectivity index (χ0n) is 13.8. The van der Waals surface area contributed by atoms with Crippen molar-refractivity contribution in [1.29, 1.82) is 0 Å². The molecule has 3 heteroatoms. The quantitative estimate of drug-likeness (QED) is 0.804. The molecule has 0 amide bonds. The predicted molar refractivity (Wildman–Crippen MR) is 84.4 cm³/mol.